The Balaban J connectivity index is 1.88. The van der Waals surface area contributed by atoms with Gasteiger partial charge in [-0.05, 0) is 23.6 Å². The van der Waals surface area contributed by atoms with Gasteiger partial charge in [0.15, 0.2) is 0 Å². The average Bonchev–Trinajstić information content (AvgIpc) is 2.49. The van der Waals surface area contributed by atoms with Gasteiger partial charge in [0.2, 0.25) is 0 Å². The van der Waals surface area contributed by atoms with Crippen molar-refractivity contribution in [3.05, 3.63) is 60.2 Å². The number of ether oxygens (including phenoxy) is 1. The molecule has 0 amide bonds. The highest BCUT2D eigenvalue weighted by Crippen LogP contribution is 2.19. The van der Waals surface area contributed by atoms with Gasteiger partial charge in [-0.3, -0.25) is 4.79 Å². The second-order valence-electron chi connectivity index (χ2n) is 4.47. The number of carbonyl (C=O) groups excluding carboxylic acids is 1. The topological polar surface area (TPSA) is 38.3 Å². The number of esters is 1. The van der Waals surface area contributed by atoms with Crippen LogP contribution in [0.3, 0.4) is 0 Å². The number of hydrogen-bond acceptors (Lipinski definition) is 3. The smallest absolute Gasteiger partial charge is 0.319 e. The third kappa shape index (κ3) is 4.21. The van der Waals surface area contributed by atoms with Crippen molar-refractivity contribution >= 4 is 5.97 Å². The summed E-state index contributed by atoms with van der Waals surface area (Å²) in [4.78, 5) is 11.2. The van der Waals surface area contributed by atoms with Crippen LogP contribution >= 0.6 is 0 Å². The molecular formula is C17H19NO2. The van der Waals surface area contributed by atoms with E-state index in [1.807, 2.05) is 18.2 Å². The maximum absolute atomic E-state index is 11.2. The van der Waals surface area contributed by atoms with Gasteiger partial charge in [0.05, 0.1) is 13.2 Å². The molecule has 0 heterocycles. The van der Waals surface area contributed by atoms with Crippen molar-refractivity contribution in [3.63, 3.8) is 0 Å². The summed E-state index contributed by atoms with van der Waals surface area (Å²) >= 11 is 0. The fourth-order valence-electron chi connectivity index (χ4n) is 1.97. The van der Waals surface area contributed by atoms with Crippen LogP contribution in [0.15, 0.2) is 54.6 Å². The molecule has 0 unspecified atom stereocenters. The molecule has 3 nitrogen and oxygen atoms in total. The standard InChI is InChI=1S/C17H19NO2/c1-2-20-17(19)13-18-12-14-8-10-16(11-9-14)15-6-4-3-5-7-15/h3-11,18H,2,12-13H2,1H3. The highest BCUT2D eigenvalue weighted by molar-refractivity contribution is 5.71. The minimum atomic E-state index is -0.214. The number of nitrogens with one attached hydrogen (secondary N) is 1. The Morgan fingerprint density at radius 2 is 1.65 bits per heavy atom. The monoisotopic (exact) mass is 269 g/mol. The minimum Gasteiger partial charge on any atom is -0.465 e. The SMILES string of the molecule is CCOC(=O)CNCc1ccc(-c2ccccc2)cc1. The van der Waals surface area contributed by atoms with Crippen LogP contribution in [-0.2, 0) is 16.1 Å². The molecule has 104 valence electrons. The van der Waals surface area contributed by atoms with Crippen LogP contribution in [0.2, 0.25) is 0 Å². The average molecular weight is 269 g/mol. The molecule has 3 heteroatoms. The predicted octanol–water partition coefficient (Wildman–Crippen LogP) is 3.01. The first-order chi connectivity index (χ1) is 9.79. The van der Waals surface area contributed by atoms with E-state index in [1.54, 1.807) is 6.92 Å². The zero-order valence-electron chi connectivity index (χ0n) is 11.6. The summed E-state index contributed by atoms with van der Waals surface area (Å²) in [7, 11) is 0. The van der Waals surface area contributed by atoms with Crippen molar-refractivity contribution in [1.29, 1.82) is 0 Å². The fraction of sp³-hybridized carbons (Fsp3) is 0.235. The van der Waals surface area contributed by atoms with Crippen molar-refractivity contribution < 1.29 is 9.53 Å². The van der Waals surface area contributed by atoms with Crippen LogP contribution in [0.5, 0.6) is 0 Å². The minimum absolute atomic E-state index is 0.214. The van der Waals surface area contributed by atoms with Crippen molar-refractivity contribution in [2.75, 3.05) is 13.2 Å². The Bertz CT molecular complexity index is 535. The van der Waals surface area contributed by atoms with E-state index in [4.69, 9.17) is 4.74 Å². The molecule has 2 rings (SSSR count). The maximum Gasteiger partial charge on any atom is 0.319 e. The van der Waals surface area contributed by atoms with Gasteiger partial charge in [-0.25, -0.2) is 0 Å². The lowest BCUT2D eigenvalue weighted by Crippen LogP contribution is -2.24. The van der Waals surface area contributed by atoms with Crippen molar-refractivity contribution in [2.45, 2.75) is 13.5 Å². The normalized spacial score (nSPS) is 10.2. The summed E-state index contributed by atoms with van der Waals surface area (Å²) in [6.45, 7) is 3.13. The lowest BCUT2D eigenvalue weighted by atomic mass is 10.0. The third-order valence-corrected chi connectivity index (χ3v) is 2.96. The molecule has 2 aromatic carbocycles. The molecule has 0 aliphatic carbocycles. The van der Waals surface area contributed by atoms with Gasteiger partial charge in [-0.2, -0.15) is 0 Å². The Kier molecular flexibility index (Phi) is 5.33. The molecule has 1 N–H and O–H groups in total. The fourth-order valence-corrected chi connectivity index (χ4v) is 1.97. The number of rotatable bonds is 6. The van der Waals surface area contributed by atoms with E-state index in [-0.39, 0.29) is 12.5 Å². The van der Waals surface area contributed by atoms with Gasteiger partial charge >= 0.3 is 5.97 Å². The molecule has 0 aliphatic heterocycles. The van der Waals surface area contributed by atoms with Gasteiger partial charge in [-0.15, -0.1) is 0 Å². The van der Waals surface area contributed by atoms with Gasteiger partial charge in [0.25, 0.3) is 0 Å². The first-order valence-electron chi connectivity index (χ1n) is 6.80. The number of hydrogen-bond donors (Lipinski definition) is 1. The van der Waals surface area contributed by atoms with E-state index >= 15 is 0 Å². The summed E-state index contributed by atoms with van der Waals surface area (Å²) in [6.07, 6.45) is 0. The highest BCUT2D eigenvalue weighted by atomic mass is 16.5. The molecule has 0 spiro atoms. The summed E-state index contributed by atoms with van der Waals surface area (Å²) in [5.74, 6) is -0.214. The Hall–Kier alpha value is -2.13. The molecule has 0 aliphatic rings. The van der Waals surface area contributed by atoms with E-state index in [0.29, 0.717) is 13.2 Å². The second-order valence-corrected chi connectivity index (χ2v) is 4.47. The molecule has 0 saturated heterocycles. The second kappa shape index (κ2) is 7.46. The summed E-state index contributed by atoms with van der Waals surface area (Å²) in [5, 5.41) is 3.07. The van der Waals surface area contributed by atoms with Crippen LogP contribution < -0.4 is 5.32 Å². The molecule has 20 heavy (non-hydrogen) atoms. The number of benzene rings is 2. The van der Waals surface area contributed by atoms with Gasteiger partial charge in [0.1, 0.15) is 0 Å². The van der Waals surface area contributed by atoms with E-state index in [0.717, 1.165) is 5.56 Å². The zero-order chi connectivity index (χ0) is 14.2. The van der Waals surface area contributed by atoms with Crippen LogP contribution in [0.4, 0.5) is 0 Å². The summed E-state index contributed by atoms with van der Waals surface area (Å²) < 4.78 is 4.86. The van der Waals surface area contributed by atoms with Crippen LogP contribution in [0, 0.1) is 0 Å². The number of carbonyl (C=O) groups is 1. The van der Waals surface area contributed by atoms with Gasteiger partial charge in [-0.1, -0.05) is 54.6 Å². The molecule has 0 atom stereocenters. The van der Waals surface area contributed by atoms with Crippen LogP contribution in [0.1, 0.15) is 12.5 Å². The highest BCUT2D eigenvalue weighted by Gasteiger charge is 2.01. The molecule has 0 saturated carbocycles. The van der Waals surface area contributed by atoms with Crippen LogP contribution in [-0.4, -0.2) is 19.1 Å². The maximum atomic E-state index is 11.2. The van der Waals surface area contributed by atoms with E-state index in [9.17, 15) is 4.79 Å². The Morgan fingerprint density at radius 3 is 2.30 bits per heavy atom. The predicted molar refractivity (Wildman–Crippen MR) is 80.2 cm³/mol. The molecule has 2 aromatic rings. The third-order valence-electron chi connectivity index (χ3n) is 2.96. The lowest BCUT2D eigenvalue weighted by molar-refractivity contribution is -0.142. The first kappa shape index (κ1) is 14.3. The largest absolute Gasteiger partial charge is 0.465 e. The molecule has 0 aromatic heterocycles. The van der Waals surface area contributed by atoms with Gasteiger partial charge in [0, 0.05) is 6.54 Å². The molecular weight excluding hydrogens is 250 g/mol. The zero-order valence-corrected chi connectivity index (χ0v) is 11.6. The van der Waals surface area contributed by atoms with Crippen molar-refractivity contribution in [1.82, 2.24) is 5.32 Å². The Labute approximate surface area is 119 Å². The molecule has 0 fully saturated rings. The van der Waals surface area contributed by atoms with E-state index < -0.39 is 0 Å². The quantitative estimate of drug-likeness (QED) is 0.819. The Morgan fingerprint density at radius 1 is 1.00 bits per heavy atom. The molecule has 0 radical (unpaired) electrons. The van der Waals surface area contributed by atoms with E-state index in [2.05, 4.69) is 41.7 Å². The van der Waals surface area contributed by atoms with Crippen LogP contribution in [0.25, 0.3) is 11.1 Å². The van der Waals surface area contributed by atoms with Crippen molar-refractivity contribution in [3.8, 4) is 11.1 Å². The van der Waals surface area contributed by atoms with Crippen molar-refractivity contribution in [2.24, 2.45) is 0 Å². The van der Waals surface area contributed by atoms with E-state index in [1.165, 1.54) is 11.1 Å². The first-order valence-corrected chi connectivity index (χ1v) is 6.80. The summed E-state index contributed by atoms with van der Waals surface area (Å²) in [5.41, 5.74) is 3.55. The molecule has 0 bridgehead atoms. The van der Waals surface area contributed by atoms with Gasteiger partial charge < -0.3 is 10.1 Å². The summed E-state index contributed by atoms with van der Waals surface area (Å²) in [6, 6.07) is 18.6. The lowest BCUT2D eigenvalue weighted by Gasteiger charge is -2.06.